The summed E-state index contributed by atoms with van der Waals surface area (Å²) in [5.41, 5.74) is -0.725. The van der Waals surface area contributed by atoms with Crippen molar-refractivity contribution in [2.75, 3.05) is 12.4 Å². The van der Waals surface area contributed by atoms with Crippen molar-refractivity contribution < 1.29 is 27.5 Å². The number of nitrogens with one attached hydrogen (secondary N) is 1. The summed E-state index contributed by atoms with van der Waals surface area (Å²) in [6.45, 7) is 0. The summed E-state index contributed by atoms with van der Waals surface area (Å²) in [5.74, 6) is -3.17. The van der Waals surface area contributed by atoms with Gasteiger partial charge in [0.1, 0.15) is 0 Å². The Bertz CT molecular complexity index is 561. The van der Waals surface area contributed by atoms with Crippen LogP contribution in [-0.2, 0) is 9.53 Å². The van der Waals surface area contributed by atoms with Crippen LogP contribution >= 0.6 is 0 Å². The predicted octanol–water partition coefficient (Wildman–Crippen LogP) is 1.85. The van der Waals surface area contributed by atoms with Crippen LogP contribution in [0.4, 0.5) is 18.9 Å². The Labute approximate surface area is 105 Å². The van der Waals surface area contributed by atoms with Crippen LogP contribution in [0.3, 0.4) is 0 Å². The van der Waals surface area contributed by atoms with Gasteiger partial charge in [-0.2, -0.15) is 18.4 Å². The Morgan fingerprint density at radius 1 is 1.37 bits per heavy atom. The van der Waals surface area contributed by atoms with Crippen LogP contribution in [0.1, 0.15) is 15.9 Å². The van der Waals surface area contributed by atoms with Crippen molar-refractivity contribution in [1.29, 1.82) is 5.26 Å². The van der Waals surface area contributed by atoms with Crippen LogP contribution in [0.25, 0.3) is 0 Å². The Morgan fingerprint density at radius 3 is 2.47 bits per heavy atom. The molecule has 0 bridgehead atoms. The fourth-order valence-corrected chi connectivity index (χ4v) is 1.20. The van der Waals surface area contributed by atoms with E-state index in [-0.39, 0.29) is 11.1 Å². The molecule has 0 saturated heterocycles. The van der Waals surface area contributed by atoms with Crippen molar-refractivity contribution in [3.63, 3.8) is 0 Å². The lowest BCUT2D eigenvalue weighted by molar-refractivity contribution is -0.167. The molecule has 0 heterocycles. The van der Waals surface area contributed by atoms with Gasteiger partial charge in [-0.1, -0.05) is 0 Å². The minimum absolute atomic E-state index is 0.00914. The molecule has 0 aliphatic carbocycles. The standard InChI is InChI=1S/C11H7F3N2O3/c1-19-9(17)7-3-2-6(5-15)4-8(7)16-10(18)11(12,13)14/h2-4H,1H3,(H,16,18). The molecule has 8 heteroatoms. The normalized spacial score (nSPS) is 10.5. The van der Waals surface area contributed by atoms with Crippen LogP contribution in [0, 0.1) is 11.3 Å². The Balaban J connectivity index is 3.20. The number of carbonyl (C=O) groups is 2. The Morgan fingerprint density at radius 2 is 2.00 bits per heavy atom. The number of nitrogens with zero attached hydrogens (tertiary/aromatic N) is 1. The number of rotatable bonds is 2. The van der Waals surface area contributed by atoms with E-state index in [0.29, 0.717) is 0 Å². The van der Waals surface area contributed by atoms with Gasteiger partial charge in [-0.25, -0.2) is 4.79 Å². The van der Waals surface area contributed by atoms with E-state index in [4.69, 9.17) is 5.26 Å². The summed E-state index contributed by atoms with van der Waals surface area (Å²) in [4.78, 5) is 22.2. The van der Waals surface area contributed by atoms with E-state index in [1.54, 1.807) is 6.07 Å². The summed E-state index contributed by atoms with van der Waals surface area (Å²) in [6, 6.07) is 4.94. The van der Waals surface area contributed by atoms with Gasteiger partial charge in [-0.15, -0.1) is 0 Å². The number of hydrogen-bond donors (Lipinski definition) is 1. The highest BCUT2D eigenvalue weighted by Gasteiger charge is 2.39. The number of methoxy groups -OCH3 is 1. The molecular formula is C11H7F3N2O3. The van der Waals surface area contributed by atoms with Gasteiger partial charge in [0.2, 0.25) is 0 Å². The lowest BCUT2D eigenvalue weighted by Gasteiger charge is -2.11. The number of alkyl halides is 3. The summed E-state index contributed by atoms with van der Waals surface area (Å²) in [7, 11) is 1.04. The molecule has 0 fully saturated rings. The van der Waals surface area contributed by atoms with Gasteiger partial charge in [0, 0.05) is 0 Å². The molecule has 0 atom stereocenters. The zero-order chi connectivity index (χ0) is 14.6. The van der Waals surface area contributed by atoms with Gasteiger partial charge in [-0.05, 0) is 18.2 Å². The maximum atomic E-state index is 12.1. The van der Waals surface area contributed by atoms with Crippen molar-refractivity contribution in [2.24, 2.45) is 0 Å². The maximum Gasteiger partial charge on any atom is 0.471 e. The zero-order valence-corrected chi connectivity index (χ0v) is 9.54. The van der Waals surface area contributed by atoms with E-state index in [1.165, 1.54) is 11.4 Å². The van der Waals surface area contributed by atoms with Crippen LogP contribution in [0.5, 0.6) is 0 Å². The number of esters is 1. The molecule has 0 saturated carbocycles. The van der Waals surface area contributed by atoms with Crippen LogP contribution < -0.4 is 5.32 Å². The SMILES string of the molecule is COC(=O)c1ccc(C#N)cc1NC(=O)C(F)(F)F. The van der Waals surface area contributed by atoms with Gasteiger partial charge in [0.05, 0.1) is 30.0 Å². The molecule has 1 aromatic rings. The predicted molar refractivity (Wildman–Crippen MR) is 57.2 cm³/mol. The molecule has 0 aliphatic rings. The smallest absolute Gasteiger partial charge is 0.465 e. The number of anilines is 1. The van der Waals surface area contributed by atoms with E-state index < -0.39 is 23.7 Å². The number of amides is 1. The van der Waals surface area contributed by atoms with Gasteiger partial charge in [0.15, 0.2) is 0 Å². The lowest BCUT2D eigenvalue weighted by atomic mass is 10.1. The fourth-order valence-electron chi connectivity index (χ4n) is 1.20. The van der Waals surface area contributed by atoms with E-state index in [1.807, 2.05) is 0 Å². The van der Waals surface area contributed by atoms with E-state index in [9.17, 15) is 22.8 Å². The quantitative estimate of drug-likeness (QED) is 0.833. The minimum Gasteiger partial charge on any atom is -0.465 e. The molecule has 1 amide bonds. The second kappa shape index (κ2) is 5.39. The highest BCUT2D eigenvalue weighted by atomic mass is 19.4. The highest BCUT2D eigenvalue weighted by molar-refractivity contribution is 6.03. The number of halogens is 3. The second-order valence-electron chi connectivity index (χ2n) is 3.32. The van der Waals surface area contributed by atoms with Crippen molar-refractivity contribution in [3.05, 3.63) is 29.3 Å². The first-order valence-electron chi connectivity index (χ1n) is 4.80. The van der Waals surface area contributed by atoms with Crippen molar-refractivity contribution in [1.82, 2.24) is 0 Å². The minimum atomic E-state index is -5.10. The molecule has 0 aliphatic heterocycles. The summed E-state index contributed by atoms with van der Waals surface area (Å²) < 4.78 is 40.8. The molecule has 1 rings (SSSR count). The van der Waals surface area contributed by atoms with Crippen molar-refractivity contribution in [2.45, 2.75) is 6.18 Å². The van der Waals surface area contributed by atoms with E-state index in [2.05, 4.69) is 4.74 Å². The average Bonchev–Trinajstić information content (AvgIpc) is 2.36. The Kier molecular flexibility index (Phi) is 4.11. The number of ether oxygens (including phenoxy) is 1. The molecule has 100 valence electrons. The third-order valence-electron chi connectivity index (χ3n) is 2.06. The van der Waals surface area contributed by atoms with Crippen LogP contribution in [-0.4, -0.2) is 25.2 Å². The summed E-state index contributed by atoms with van der Waals surface area (Å²) in [5, 5.41) is 10.2. The number of nitriles is 1. The second-order valence-corrected chi connectivity index (χ2v) is 3.32. The third-order valence-corrected chi connectivity index (χ3v) is 2.06. The molecule has 0 radical (unpaired) electrons. The van der Waals surface area contributed by atoms with E-state index in [0.717, 1.165) is 19.2 Å². The third kappa shape index (κ3) is 3.45. The zero-order valence-electron chi connectivity index (χ0n) is 9.54. The first-order valence-corrected chi connectivity index (χ1v) is 4.80. The summed E-state index contributed by atoms with van der Waals surface area (Å²) in [6.07, 6.45) is -5.10. The first kappa shape index (κ1) is 14.5. The van der Waals surface area contributed by atoms with Crippen LogP contribution in [0.2, 0.25) is 0 Å². The Hall–Kier alpha value is -2.56. The van der Waals surface area contributed by atoms with Crippen molar-refractivity contribution >= 4 is 17.6 Å². The molecule has 0 aromatic heterocycles. The molecule has 1 N–H and O–H groups in total. The van der Waals surface area contributed by atoms with Gasteiger partial charge < -0.3 is 10.1 Å². The molecule has 19 heavy (non-hydrogen) atoms. The average molecular weight is 272 g/mol. The van der Waals surface area contributed by atoms with Crippen LogP contribution in [0.15, 0.2) is 18.2 Å². The molecule has 0 spiro atoms. The molecule has 0 unspecified atom stereocenters. The van der Waals surface area contributed by atoms with Gasteiger partial charge in [0.25, 0.3) is 0 Å². The lowest BCUT2D eigenvalue weighted by Crippen LogP contribution is -2.30. The monoisotopic (exact) mass is 272 g/mol. The topological polar surface area (TPSA) is 79.2 Å². The first-order chi connectivity index (χ1) is 8.79. The van der Waals surface area contributed by atoms with Crippen molar-refractivity contribution in [3.8, 4) is 6.07 Å². The maximum absolute atomic E-state index is 12.1. The molecule has 1 aromatic carbocycles. The molecule has 5 nitrogen and oxygen atoms in total. The highest BCUT2D eigenvalue weighted by Crippen LogP contribution is 2.22. The van der Waals surface area contributed by atoms with E-state index >= 15 is 0 Å². The number of carbonyl (C=O) groups excluding carboxylic acids is 2. The van der Waals surface area contributed by atoms with Gasteiger partial charge >= 0.3 is 18.1 Å². The fraction of sp³-hybridized carbons (Fsp3) is 0.182. The molecular weight excluding hydrogens is 265 g/mol. The number of hydrogen-bond acceptors (Lipinski definition) is 4. The number of benzene rings is 1. The van der Waals surface area contributed by atoms with Gasteiger partial charge in [-0.3, -0.25) is 4.79 Å². The summed E-state index contributed by atoms with van der Waals surface area (Å²) >= 11 is 0. The largest absolute Gasteiger partial charge is 0.471 e.